The van der Waals surface area contributed by atoms with Gasteiger partial charge in [0.1, 0.15) is 28.2 Å². The lowest BCUT2D eigenvalue weighted by atomic mass is 9.88. The van der Waals surface area contributed by atoms with Gasteiger partial charge >= 0.3 is 0 Å². The monoisotopic (exact) mass is 832 g/mol. The summed E-state index contributed by atoms with van der Waals surface area (Å²) in [5, 5.41) is 6.91. The summed E-state index contributed by atoms with van der Waals surface area (Å²) in [6.45, 7) is 0. The van der Waals surface area contributed by atoms with Crippen LogP contribution < -0.4 is 0 Å². The molecule has 14 rings (SSSR count). The largest absolute Gasteiger partial charge is 0.455 e. The Labute approximate surface area is 375 Å². The first-order valence-corrected chi connectivity index (χ1v) is 22.6. The fourth-order valence-electron chi connectivity index (χ4n) is 11.0. The number of rotatable bonds is 3. The molecule has 0 radical (unpaired) electrons. The van der Waals surface area contributed by atoms with Gasteiger partial charge in [0.25, 0.3) is 0 Å². The molecule has 0 bridgehead atoms. The van der Waals surface area contributed by atoms with Crippen molar-refractivity contribution in [1.29, 1.82) is 0 Å². The highest BCUT2D eigenvalue weighted by Crippen LogP contribution is 2.46. The Kier molecular flexibility index (Phi) is 7.90. The molecule has 0 fully saturated rings. The topological polar surface area (TPSA) is 43.6 Å². The zero-order valence-corrected chi connectivity index (χ0v) is 35.5. The van der Waals surface area contributed by atoms with Crippen LogP contribution in [-0.2, 0) is 19.3 Å². The Bertz CT molecular complexity index is 3990. The molecule has 4 nitrogen and oxygen atoms in total. The molecule has 0 N–H and O–H groups in total. The summed E-state index contributed by atoms with van der Waals surface area (Å²) in [6, 6.07) is 70.4. The van der Waals surface area contributed by atoms with Gasteiger partial charge in [-0.2, -0.15) is 0 Å². The molecule has 4 heteroatoms. The van der Waals surface area contributed by atoms with E-state index in [2.05, 4.69) is 193 Å². The number of hydrogen-bond donors (Lipinski definition) is 0. The molecule has 0 saturated heterocycles. The van der Waals surface area contributed by atoms with E-state index >= 15 is 0 Å². The van der Waals surface area contributed by atoms with Crippen LogP contribution in [0, 0.1) is 0 Å². The SMILES string of the molecule is C1=C(c2cccc3c2oc2ccccc23)N=C(n2c3ccccc3c3cc(-c4ccc5c(c4)-c4c(ccc6c4oc4ccccc46)CC(c4ccccc4)C5)ccc32)c2ccccc2C1. The van der Waals surface area contributed by atoms with Gasteiger partial charge in [0, 0.05) is 49.0 Å². The van der Waals surface area contributed by atoms with Crippen molar-refractivity contribution in [2.45, 2.75) is 25.2 Å². The van der Waals surface area contributed by atoms with Crippen molar-refractivity contribution in [2.24, 2.45) is 4.99 Å². The minimum Gasteiger partial charge on any atom is -0.455 e. The van der Waals surface area contributed by atoms with Crippen molar-refractivity contribution in [1.82, 2.24) is 4.57 Å². The summed E-state index contributed by atoms with van der Waals surface area (Å²) in [4.78, 5) is 5.65. The van der Waals surface area contributed by atoms with Crippen LogP contribution in [0.4, 0.5) is 0 Å². The zero-order chi connectivity index (χ0) is 42.6. The first-order valence-electron chi connectivity index (χ1n) is 22.6. The molecule has 1 aliphatic carbocycles. The van der Waals surface area contributed by atoms with Crippen LogP contribution in [0.2, 0.25) is 0 Å². The first-order chi connectivity index (χ1) is 32.2. The van der Waals surface area contributed by atoms with E-state index in [1.807, 2.05) is 12.1 Å². The lowest BCUT2D eigenvalue weighted by molar-refractivity contribution is 0.667. The molecule has 1 atom stereocenters. The average Bonchev–Trinajstić information content (AvgIpc) is 3.95. The molecule has 9 aromatic carbocycles. The van der Waals surface area contributed by atoms with Crippen LogP contribution in [0.15, 0.2) is 214 Å². The maximum absolute atomic E-state index is 6.80. The van der Waals surface area contributed by atoms with E-state index in [4.69, 9.17) is 13.8 Å². The second kappa shape index (κ2) is 14.2. The highest BCUT2D eigenvalue weighted by Gasteiger charge is 2.28. The highest BCUT2D eigenvalue weighted by molar-refractivity contribution is 6.20. The lowest BCUT2D eigenvalue weighted by Gasteiger charge is -2.16. The zero-order valence-electron chi connectivity index (χ0n) is 35.5. The fourth-order valence-corrected chi connectivity index (χ4v) is 11.0. The van der Waals surface area contributed by atoms with Crippen molar-refractivity contribution < 1.29 is 8.83 Å². The molecule has 3 aromatic heterocycles. The van der Waals surface area contributed by atoms with E-state index in [9.17, 15) is 0 Å². The molecule has 4 heterocycles. The number of hydrogen-bond acceptors (Lipinski definition) is 3. The van der Waals surface area contributed by atoms with Crippen molar-refractivity contribution in [3.05, 3.63) is 234 Å². The number of para-hydroxylation sites is 4. The number of nitrogens with zero attached hydrogens (tertiary/aromatic N) is 2. The predicted molar refractivity (Wildman–Crippen MR) is 268 cm³/mol. The molecule has 0 spiro atoms. The molecule has 65 heavy (non-hydrogen) atoms. The summed E-state index contributed by atoms with van der Waals surface area (Å²) >= 11 is 0. The summed E-state index contributed by atoms with van der Waals surface area (Å²) in [5.74, 6) is 1.26. The summed E-state index contributed by atoms with van der Waals surface area (Å²) in [5.41, 5.74) is 19.0. The number of furan rings is 2. The second-order valence-corrected chi connectivity index (χ2v) is 17.7. The second-order valence-electron chi connectivity index (χ2n) is 17.7. The van der Waals surface area contributed by atoms with Gasteiger partial charge < -0.3 is 8.83 Å². The standard InChI is InChI=1S/C61H40N2O2/c1-2-13-37(14-3-1)43-33-41-26-25-39(35-51(41)58-42(34-43)27-30-49-47-19-8-11-24-57(47)65-60(49)58)40-29-32-55-52(36-40)45-17-6-9-22-54(45)63(55)61-44-16-5-4-15-38(44)28-31-53(62-61)50-21-12-20-48-46-18-7-10-23-56(46)64-59(48)50/h1-27,29-32,35-36,43H,28,33-34H2. The Morgan fingerprint density at radius 3 is 1.92 bits per heavy atom. The Morgan fingerprint density at radius 2 is 1.06 bits per heavy atom. The van der Waals surface area contributed by atoms with Crippen LogP contribution in [0.25, 0.3) is 93.6 Å². The lowest BCUT2D eigenvalue weighted by Crippen LogP contribution is -2.15. The first kappa shape index (κ1) is 36.3. The maximum atomic E-state index is 6.80. The van der Waals surface area contributed by atoms with Gasteiger partial charge in [-0.3, -0.25) is 4.57 Å². The smallest absolute Gasteiger partial charge is 0.145 e. The summed E-state index contributed by atoms with van der Waals surface area (Å²) < 4.78 is 15.7. The number of aromatic nitrogens is 1. The minimum absolute atomic E-state index is 0.352. The number of fused-ring (bicyclic) bond motifs is 14. The van der Waals surface area contributed by atoms with Gasteiger partial charge in [-0.05, 0) is 107 Å². The van der Waals surface area contributed by atoms with Crippen molar-refractivity contribution in [3.8, 4) is 22.3 Å². The van der Waals surface area contributed by atoms with Gasteiger partial charge in [-0.15, -0.1) is 0 Å². The molecule has 2 aliphatic rings. The van der Waals surface area contributed by atoms with E-state index in [0.29, 0.717) is 5.92 Å². The van der Waals surface area contributed by atoms with Gasteiger partial charge in [-0.1, -0.05) is 158 Å². The van der Waals surface area contributed by atoms with E-state index in [-0.39, 0.29) is 0 Å². The Hall–Kier alpha value is -8.21. The van der Waals surface area contributed by atoms with Gasteiger partial charge in [0.05, 0.1) is 16.7 Å². The minimum atomic E-state index is 0.352. The van der Waals surface area contributed by atoms with Crippen molar-refractivity contribution in [2.75, 3.05) is 0 Å². The van der Waals surface area contributed by atoms with E-state index in [1.54, 1.807) is 0 Å². The van der Waals surface area contributed by atoms with Crippen molar-refractivity contribution in [3.63, 3.8) is 0 Å². The molecule has 1 unspecified atom stereocenters. The average molecular weight is 833 g/mol. The number of aliphatic imine (C=N–C) groups is 1. The Balaban J connectivity index is 0.953. The van der Waals surface area contributed by atoms with Crippen LogP contribution in [-0.4, -0.2) is 10.4 Å². The van der Waals surface area contributed by atoms with Gasteiger partial charge in [-0.25, -0.2) is 4.99 Å². The normalized spacial score (nSPS) is 14.9. The molecule has 1 aliphatic heterocycles. The summed E-state index contributed by atoms with van der Waals surface area (Å²) in [6.07, 6.45) is 4.91. The molecule has 306 valence electrons. The van der Waals surface area contributed by atoms with Crippen LogP contribution >= 0.6 is 0 Å². The van der Waals surface area contributed by atoms with Gasteiger partial charge in [0.15, 0.2) is 0 Å². The van der Waals surface area contributed by atoms with Crippen LogP contribution in [0.1, 0.15) is 39.3 Å². The predicted octanol–water partition coefficient (Wildman–Crippen LogP) is 15.7. The van der Waals surface area contributed by atoms with Crippen molar-refractivity contribution >= 4 is 77.2 Å². The third-order valence-corrected chi connectivity index (χ3v) is 14.1. The third-order valence-electron chi connectivity index (χ3n) is 14.1. The maximum Gasteiger partial charge on any atom is 0.145 e. The highest BCUT2D eigenvalue weighted by atomic mass is 16.3. The molecule has 0 amide bonds. The molecular weight excluding hydrogens is 793 g/mol. The van der Waals surface area contributed by atoms with E-state index in [0.717, 1.165) is 91.4 Å². The number of benzene rings is 9. The summed E-state index contributed by atoms with van der Waals surface area (Å²) in [7, 11) is 0. The molecule has 0 saturated carbocycles. The van der Waals surface area contributed by atoms with Gasteiger partial charge in [0.2, 0.25) is 0 Å². The Morgan fingerprint density at radius 1 is 0.431 bits per heavy atom. The fraction of sp³-hybridized carbons (Fsp3) is 0.0656. The van der Waals surface area contributed by atoms with E-state index < -0.39 is 0 Å². The third kappa shape index (κ3) is 5.60. The van der Waals surface area contributed by atoms with Crippen LogP contribution in [0.5, 0.6) is 0 Å². The number of allylic oxidation sites excluding steroid dienone is 1. The van der Waals surface area contributed by atoms with E-state index in [1.165, 1.54) is 60.7 Å². The molecular formula is C61H40N2O2. The van der Waals surface area contributed by atoms with Crippen LogP contribution in [0.3, 0.4) is 0 Å². The molecule has 12 aromatic rings. The quantitative estimate of drug-likeness (QED) is 0.178.